The minimum Gasteiger partial charge on any atom is -0.493 e. The zero-order valence-electron chi connectivity index (χ0n) is 16.0. The fourth-order valence-electron chi connectivity index (χ4n) is 3.23. The van der Waals surface area contributed by atoms with Crippen LogP contribution in [0.1, 0.15) is 11.1 Å². The van der Waals surface area contributed by atoms with Crippen molar-refractivity contribution in [2.24, 2.45) is 0 Å². The molecule has 2 N–H and O–H groups in total. The van der Waals surface area contributed by atoms with Gasteiger partial charge in [-0.1, -0.05) is 12.1 Å². The van der Waals surface area contributed by atoms with Gasteiger partial charge >= 0.3 is 12.4 Å². The monoisotopic (exact) mass is 449 g/mol. The molecular formula is C22H13F6N3O. The SMILES string of the molecule is Oc1cc(Nc2ccc(C(F)(F)F)cc2)c2ccc(-c3ncccc3C(F)(F)F)cc2n1. The van der Waals surface area contributed by atoms with Gasteiger partial charge in [0.2, 0.25) is 5.88 Å². The van der Waals surface area contributed by atoms with Gasteiger partial charge in [-0.05, 0) is 42.5 Å². The van der Waals surface area contributed by atoms with Crippen molar-refractivity contribution in [2.75, 3.05) is 5.32 Å². The molecule has 0 fully saturated rings. The van der Waals surface area contributed by atoms with Crippen molar-refractivity contribution in [3.63, 3.8) is 0 Å². The lowest BCUT2D eigenvalue weighted by atomic mass is 10.0. The summed E-state index contributed by atoms with van der Waals surface area (Å²) in [7, 11) is 0. The molecule has 10 heteroatoms. The van der Waals surface area contributed by atoms with Crippen molar-refractivity contribution in [2.45, 2.75) is 12.4 Å². The predicted molar refractivity (Wildman–Crippen MR) is 106 cm³/mol. The second-order valence-corrected chi connectivity index (χ2v) is 6.86. The number of hydrogen-bond acceptors (Lipinski definition) is 4. The van der Waals surface area contributed by atoms with Gasteiger partial charge in [-0.25, -0.2) is 4.98 Å². The molecule has 4 rings (SSSR count). The maximum absolute atomic E-state index is 13.3. The number of nitrogens with zero attached hydrogens (tertiary/aromatic N) is 2. The van der Waals surface area contributed by atoms with Crippen LogP contribution in [0.5, 0.6) is 5.88 Å². The first-order valence-corrected chi connectivity index (χ1v) is 9.13. The second kappa shape index (κ2) is 7.70. The van der Waals surface area contributed by atoms with Gasteiger partial charge in [0.15, 0.2) is 0 Å². The number of halogens is 6. The van der Waals surface area contributed by atoms with Crippen LogP contribution < -0.4 is 5.32 Å². The molecule has 0 radical (unpaired) electrons. The van der Waals surface area contributed by atoms with Crippen LogP contribution in [0.3, 0.4) is 0 Å². The number of aromatic hydroxyl groups is 1. The van der Waals surface area contributed by atoms with Gasteiger partial charge in [-0.2, -0.15) is 26.3 Å². The highest BCUT2D eigenvalue weighted by Crippen LogP contribution is 2.38. The molecule has 0 bridgehead atoms. The van der Waals surface area contributed by atoms with E-state index >= 15 is 0 Å². The summed E-state index contributed by atoms with van der Waals surface area (Å²) in [4.78, 5) is 7.81. The number of fused-ring (bicyclic) bond motifs is 1. The van der Waals surface area contributed by atoms with Gasteiger partial charge in [0, 0.05) is 28.9 Å². The standard InChI is InChI=1S/C22H13F6N3O/c23-21(24,25)13-4-6-14(7-5-13)30-18-11-19(32)31-17-10-12(3-8-15(17)18)20-16(22(26,27)28)2-1-9-29-20/h1-11H,(H2,30,31,32). The highest BCUT2D eigenvalue weighted by Gasteiger charge is 2.34. The number of anilines is 2. The molecule has 0 atom stereocenters. The second-order valence-electron chi connectivity index (χ2n) is 6.86. The summed E-state index contributed by atoms with van der Waals surface area (Å²) < 4.78 is 78.3. The third-order valence-electron chi connectivity index (χ3n) is 4.67. The molecule has 4 aromatic rings. The lowest BCUT2D eigenvalue weighted by Gasteiger charge is -2.14. The van der Waals surface area contributed by atoms with Crippen molar-refractivity contribution in [3.05, 3.63) is 78.0 Å². The first kappa shape index (κ1) is 21.4. The normalized spacial score (nSPS) is 12.2. The molecule has 2 aromatic heterocycles. The van der Waals surface area contributed by atoms with E-state index in [1.165, 1.54) is 48.7 Å². The number of nitrogens with one attached hydrogen (secondary N) is 1. The first-order valence-electron chi connectivity index (χ1n) is 9.13. The van der Waals surface area contributed by atoms with Crippen LogP contribution in [0, 0.1) is 0 Å². The number of alkyl halides is 6. The van der Waals surface area contributed by atoms with Gasteiger partial charge in [0.1, 0.15) is 0 Å². The highest BCUT2D eigenvalue weighted by atomic mass is 19.4. The van der Waals surface area contributed by atoms with Gasteiger partial charge in [0.05, 0.1) is 28.0 Å². The summed E-state index contributed by atoms with van der Waals surface area (Å²) >= 11 is 0. The van der Waals surface area contributed by atoms with Gasteiger partial charge < -0.3 is 10.4 Å². The Kier molecular flexibility index (Phi) is 5.15. The molecule has 0 amide bonds. The third-order valence-corrected chi connectivity index (χ3v) is 4.67. The van der Waals surface area contributed by atoms with E-state index in [2.05, 4.69) is 15.3 Å². The third kappa shape index (κ3) is 4.29. The van der Waals surface area contributed by atoms with Crippen molar-refractivity contribution < 1.29 is 31.4 Å². The average molecular weight is 449 g/mol. The maximum atomic E-state index is 13.3. The molecule has 2 heterocycles. The minimum atomic E-state index is -4.61. The molecular weight excluding hydrogens is 436 g/mol. The topological polar surface area (TPSA) is 58.0 Å². The van der Waals surface area contributed by atoms with Crippen LogP contribution in [-0.2, 0) is 12.4 Å². The number of pyridine rings is 2. The molecule has 0 spiro atoms. The Bertz CT molecular complexity index is 1280. The summed E-state index contributed by atoms with van der Waals surface area (Å²) in [6.45, 7) is 0. The molecule has 164 valence electrons. The van der Waals surface area contributed by atoms with Crippen molar-refractivity contribution in [1.82, 2.24) is 9.97 Å². The Morgan fingerprint density at radius 1 is 0.812 bits per heavy atom. The van der Waals surface area contributed by atoms with E-state index in [1.54, 1.807) is 0 Å². The number of aromatic nitrogens is 2. The zero-order chi connectivity index (χ0) is 23.1. The lowest BCUT2D eigenvalue weighted by molar-refractivity contribution is -0.138. The Morgan fingerprint density at radius 2 is 1.53 bits per heavy atom. The Morgan fingerprint density at radius 3 is 2.19 bits per heavy atom. The summed E-state index contributed by atoms with van der Waals surface area (Å²) in [5, 5.41) is 13.3. The van der Waals surface area contributed by atoms with Crippen LogP contribution in [0.4, 0.5) is 37.7 Å². The van der Waals surface area contributed by atoms with Crippen LogP contribution in [-0.4, -0.2) is 15.1 Å². The van der Waals surface area contributed by atoms with Gasteiger partial charge in [-0.3, -0.25) is 4.98 Å². The van der Waals surface area contributed by atoms with E-state index in [0.717, 1.165) is 18.2 Å². The Balaban J connectivity index is 1.75. The van der Waals surface area contributed by atoms with Crippen LogP contribution in [0.15, 0.2) is 66.9 Å². The molecule has 2 aromatic carbocycles. The summed E-state index contributed by atoms with van der Waals surface area (Å²) in [6.07, 6.45) is -7.85. The Hall–Kier alpha value is -3.82. The molecule has 32 heavy (non-hydrogen) atoms. The van der Waals surface area contributed by atoms with Crippen molar-refractivity contribution >= 4 is 22.3 Å². The average Bonchev–Trinajstić information content (AvgIpc) is 2.72. The minimum absolute atomic E-state index is 0.143. The van der Waals surface area contributed by atoms with E-state index < -0.39 is 29.4 Å². The quantitative estimate of drug-likeness (QED) is 0.339. The first-order chi connectivity index (χ1) is 15.0. The highest BCUT2D eigenvalue weighted by molar-refractivity contribution is 5.96. The molecule has 0 aliphatic carbocycles. The molecule has 0 aliphatic heterocycles. The van der Waals surface area contributed by atoms with Crippen LogP contribution in [0.25, 0.3) is 22.2 Å². The van der Waals surface area contributed by atoms with E-state index in [0.29, 0.717) is 16.8 Å². The maximum Gasteiger partial charge on any atom is 0.418 e. The fraction of sp³-hybridized carbons (Fsp3) is 0.0909. The van der Waals surface area contributed by atoms with Crippen LogP contribution >= 0.6 is 0 Å². The molecule has 0 aliphatic rings. The molecule has 0 saturated heterocycles. The van der Waals surface area contributed by atoms with Crippen LogP contribution in [0.2, 0.25) is 0 Å². The largest absolute Gasteiger partial charge is 0.493 e. The Labute approximate surface area is 177 Å². The van der Waals surface area contributed by atoms with Gasteiger partial charge in [-0.15, -0.1) is 0 Å². The number of hydrogen-bond donors (Lipinski definition) is 2. The lowest BCUT2D eigenvalue weighted by Crippen LogP contribution is -2.08. The molecule has 0 saturated carbocycles. The summed E-state index contributed by atoms with van der Waals surface area (Å²) in [5.41, 5.74) is -1.06. The molecule has 4 nitrogen and oxygen atoms in total. The van der Waals surface area contributed by atoms with Gasteiger partial charge in [0.25, 0.3) is 0 Å². The fourth-order valence-corrected chi connectivity index (χ4v) is 3.23. The van der Waals surface area contributed by atoms with Crippen molar-refractivity contribution in [1.29, 1.82) is 0 Å². The zero-order valence-corrected chi connectivity index (χ0v) is 16.0. The smallest absolute Gasteiger partial charge is 0.418 e. The van der Waals surface area contributed by atoms with E-state index in [-0.39, 0.29) is 16.8 Å². The van der Waals surface area contributed by atoms with E-state index in [9.17, 15) is 31.4 Å². The predicted octanol–water partition coefficient (Wildman–Crippen LogP) is 6.78. The number of benzene rings is 2. The summed E-state index contributed by atoms with van der Waals surface area (Å²) in [5.74, 6) is -0.416. The summed E-state index contributed by atoms with van der Waals surface area (Å²) in [6, 6.07) is 11.9. The van der Waals surface area contributed by atoms with Crippen molar-refractivity contribution in [3.8, 4) is 17.1 Å². The van der Waals surface area contributed by atoms with E-state index in [1.807, 2.05) is 0 Å². The van der Waals surface area contributed by atoms with E-state index in [4.69, 9.17) is 0 Å². The number of rotatable bonds is 3. The molecule has 0 unspecified atom stereocenters.